The molecule has 7 heteroatoms. The van der Waals surface area contributed by atoms with Gasteiger partial charge >= 0.3 is 0 Å². The highest BCUT2D eigenvalue weighted by Gasteiger charge is 2.64. The van der Waals surface area contributed by atoms with Crippen molar-refractivity contribution >= 4 is 15.9 Å². The Kier molecular flexibility index (Phi) is 4.73. The highest BCUT2D eigenvalue weighted by molar-refractivity contribution is 7.88. The van der Waals surface area contributed by atoms with Crippen LogP contribution in [0.2, 0.25) is 0 Å². The van der Waals surface area contributed by atoms with Crippen LogP contribution < -0.4 is 10.6 Å². The zero-order valence-electron chi connectivity index (χ0n) is 15.1. The topological polar surface area (TPSA) is 78.5 Å². The van der Waals surface area contributed by atoms with Gasteiger partial charge in [0, 0.05) is 19.6 Å². The normalized spacial score (nSPS) is 33.1. The zero-order valence-corrected chi connectivity index (χ0v) is 15.9. The van der Waals surface area contributed by atoms with Crippen LogP contribution in [-0.4, -0.2) is 57.6 Å². The van der Waals surface area contributed by atoms with Crippen LogP contribution in [0.15, 0.2) is 0 Å². The highest BCUT2D eigenvalue weighted by atomic mass is 32.2. The van der Waals surface area contributed by atoms with Crippen LogP contribution in [-0.2, 0) is 14.8 Å². The Morgan fingerprint density at radius 1 is 1.25 bits per heavy atom. The van der Waals surface area contributed by atoms with E-state index in [1.54, 1.807) is 4.31 Å². The van der Waals surface area contributed by atoms with E-state index in [-0.39, 0.29) is 17.2 Å². The molecule has 2 N–H and O–H groups in total. The average molecular weight is 358 g/mol. The number of piperidine rings is 1. The molecule has 0 aromatic heterocycles. The zero-order chi connectivity index (χ0) is 17.6. The molecule has 1 aliphatic carbocycles. The Balaban J connectivity index is 1.90. The van der Waals surface area contributed by atoms with Crippen molar-refractivity contribution in [3.63, 3.8) is 0 Å². The van der Waals surface area contributed by atoms with E-state index in [0.29, 0.717) is 25.6 Å². The summed E-state index contributed by atoms with van der Waals surface area (Å²) in [5.74, 6) is 0.613. The molecule has 0 radical (unpaired) electrons. The molecule has 0 bridgehead atoms. The van der Waals surface area contributed by atoms with Gasteiger partial charge in [-0.3, -0.25) is 4.79 Å². The van der Waals surface area contributed by atoms with Crippen LogP contribution in [0.5, 0.6) is 0 Å². The van der Waals surface area contributed by atoms with E-state index in [4.69, 9.17) is 0 Å². The Bertz CT molecular complexity index is 598. The smallest absolute Gasteiger partial charge is 0.227 e. The molecule has 138 valence electrons. The summed E-state index contributed by atoms with van der Waals surface area (Å²) < 4.78 is 25.8. The van der Waals surface area contributed by atoms with Crippen molar-refractivity contribution in [2.45, 2.75) is 39.5 Å². The molecule has 0 aromatic rings. The molecule has 2 atom stereocenters. The summed E-state index contributed by atoms with van der Waals surface area (Å²) in [6.07, 6.45) is 5.23. The molecular formula is C17H31N3O3S. The molecular weight excluding hydrogens is 326 g/mol. The molecule has 1 saturated carbocycles. The van der Waals surface area contributed by atoms with Gasteiger partial charge in [0.15, 0.2) is 0 Å². The second-order valence-corrected chi connectivity index (χ2v) is 10.5. The SMILES string of the molecule is CC(C)CNC(=O)[C@@]12CCC3(CCNCC3)[C@@H]1CN(S(C)(=O)=O)C2. The maximum absolute atomic E-state index is 13.1. The molecule has 2 aliphatic heterocycles. The molecule has 3 fully saturated rings. The Morgan fingerprint density at radius 2 is 1.92 bits per heavy atom. The fourth-order valence-electron chi connectivity index (χ4n) is 5.14. The van der Waals surface area contributed by atoms with Crippen molar-refractivity contribution < 1.29 is 13.2 Å². The van der Waals surface area contributed by atoms with Gasteiger partial charge in [0.2, 0.25) is 15.9 Å². The Hall–Kier alpha value is -0.660. The van der Waals surface area contributed by atoms with E-state index in [9.17, 15) is 13.2 Å². The van der Waals surface area contributed by atoms with Crippen LogP contribution >= 0.6 is 0 Å². The van der Waals surface area contributed by atoms with Crippen molar-refractivity contribution in [1.29, 1.82) is 0 Å². The van der Waals surface area contributed by atoms with Crippen LogP contribution in [0.1, 0.15) is 39.5 Å². The number of amides is 1. The van der Waals surface area contributed by atoms with Gasteiger partial charge in [0.25, 0.3) is 0 Å². The van der Waals surface area contributed by atoms with Gasteiger partial charge in [-0.2, -0.15) is 0 Å². The van der Waals surface area contributed by atoms with Gasteiger partial charge in [0.1, 0.15) is 0 Å². The average Bonchev–Trinajstić information content (AvgIpc) is 3.04. The van der Waals surface area contributed by atoms with Gasteiger partial charge in [-0.25, -0.2) is 12.7 Å². The quantitative estimate of drug-likeness (QED) is 0.780. The minimum atomic E-state index is -3.27. The summed E-state index contributed by atoms with van der Waals surface area (Å²) in [6.45, 7) is 7.62. The second-order valence-electron chi connectivity index (χ2n) is 8.48. The maximum atomic E-state index is 13.1. The standard InChI is InChI=1S/C17H31N3O3S/c1-13(2)10-19-15(21)17-5-4-16(6-8-18-9-7-16)14(17)11-20(12-17)24(3,22)23/h13-14,18H,4-12H2,1-3H3,(H,19,21)/t14-,17+/m0/s1. The maximum Gasteiger partial charge on any atom is 0.227 e. The van der Waals surface area contributed by atoms with E-state index < -0.39 is 15.4 Å². The summed E-state index contributed by atoms with van der Waals surface area (Å²) in [7, 11) is -3.27. The predicted octanol–water partition coefficient (Wildman–Crippen LogP) is 0.800. The van der Waals surface area contributed by atoms with E-state index in [2.05, 4.69) is 24.5 Å². The number of carbonyl (C=O) groups excluding carboxylic acids is 1. The summed E-state index contributed by atoms with van der Waals surface area (Å²) in [6, 6.07) is 0. The van der Waals surface area contributed by atoms with E-state index in [1.807, 2.05) is 0 Å². The van der Waals surface area contributed by atoms with E-state index >= 15 is 0 Å². The largest absolute Gasteiger partial charge is 0.355 e. The lowest BCUT2D eigenvalue weighted by molar-refractivity contribution is -0.132. The number of sulfonamides is 1. The van der Waals surface area contributed by atoms with Crippen molar-refractivity contribution in [2.75, 3.05) is 39.0 Å². The summed E-state index contributed by atoms with van der Waals surface area (Å²) in [4.78, 5) is 13.1. The molecule has 0 unspecified atom stereocenters. The third-order valence-corrected chi connectivity index (χ3v) is 7.73. The molecule has 2 heterocycles. The van der Waals surface area contributed by atoms with Gasteiger partial charge < -0.3 is 10.6 Å². The molecule has 24 heavy (non-hydrogen) atoms. The number of nitrogens with one attached hydrogen (secondary N) is 2. The third-order valence-electron chi connectivity index (χ3n) is 6.51. The summed E-state index contributed by atoms with van der Waals surface area (Å²) >= 11 is 0. The number of carbonyl (C=O) groups is 1. The fourth-order valence-corrected chi connectivity index (χ4v) is 6.02. The van der Waals surface area contributed by atoms with Crippen LogP contribution in [0, 0.1) is 22.7 Å². The van der Waals surface area contributed by atoms with Gasteiger partial charge in [0.05, 0.1) is 11.7 Å². The first-order valence-corrected chi connectivity index (χ1v) is 11.0. The van der Waals surface area contributed by atoms with Gasteiger partial charge in [-0.1, -0.05) is 13.8 Å². The Morgan fingerprint density at radius 3 is 2.50 bits per heavy atom. The van der Waals surface area contributed by atoms with Crippen LogP contribution in [0.3, 0.4) is 0 Å². The highest BCUT2D eigenvalue weighted by Crippen LogP contribution is 2.61. The number of fused-ring (bicyclic) bond motifs is 2. The van der Waals surface area contributed by atoms with Gasteiger partial charge in [-0.05, 0) is 56.0 Å². The predicted molar refractivity (Wildman–Crippen MR) is 94.0 cm³/mol. The molecule has 6 nitrogen and oxygen atoms in total. The van der Waals surface area contributed by atoms with Crippen LogP contribution in [0.4, 0.5) is 0 Å². The fraction of sp³-hybridized carbons (Fsp3) is 0.941. The number of hydrogen-bond donors (Lipinski definition) is 2. The molecule has 1 amide bonds. The summed E-state index contributed by atoms with van der Waals surface area (Å²) in [5, 5.41) is 6.51. The lowest BCUT2D eigenvalue weighted by Gasteiger charge is -2.41. The monoisotopic (exact) mass is 357 g/mol. The van der Waals surface area contributed by atoms with Crippen molar-refractivity contribution in [2.24, 2.45) is 22.7 Å². The lowest BCUT2D eigenvalue weighted by Crippen LogP contribution is -2.49. The van der Waals surface area contributed by atoms with Crippen molar-refractivity contribution in [1.82, 2.24) is 14.9 Å². The first kappa shape index (κ1) is 18.1. The minimum absolute atomic E-state index is 0.0720. The van der Waals surface area contributed by atoms with E-state index in [1.165, 1.54) is 6.26 Å². The number of hydrogen-bond acceptors (Lipinski definition) is 4. The third kappa shape index (κ3) is 2.99. The van der Waals surface area contributed by atoms with Gasteiger partial charge in [-0.15, -0.1) is 0 Å². The van der Waals surface area contributed by atoms with Crippen molar-refractivity contribution in [3.8, 4) is 0 Å². The molecule has 3 rings (SSSR count). The lowest BCUT2D eigenvalue weighted by atomic mass is 9.66. The number of nitrogens with zero attached hydrogens (tertiary/aromatic N) is 1. The second kappa shape index (κ2) is 6.25. The van der Waals surface area contributed by atoms with Crippen molar-refractivity contribution in [3.05, 3.63) is 0 Å². The first-order valence-electron chi connectivity index (χ1n) is 9.14. The Labute approximate surface area is 145 Å². The molecule has 3 aliphatic rings. The summed E-state index contributed by atoms with van der Waals surface area (Å²) in [5.41, 5.74) is -0.408. The molecule has 2 saturated heterocycles. The van der Waals surface area contributed by atoms with E-state index in [0.717, 1.165) is 38.8 Å². The number of rotatable bonds is 4. The molecule has 1 spiro atoms. The first-order chi connectivity index (χ1) is 11.2. The van der Waals surface area contributed by atoms with Crippen LogP contribution in [0.25, 0.3) is 0 Å². The molecule has 0 aromatic carbocycles. The minimum Gasteiger partial charge on any atom is -0.355 e.